The number of alkyl halides is 3. The number of nitrogens with zero attached hydrogens (tertiary/aromatic N) is 3. The van der Waals surface area contributed by atoms with Crippen LogP contribution in [0.25, 0.3) is 5.65 Å². The van der Waals surface area contributed by atoms with Crippen molar-refractivity contribution in [2.45, 2.75) is 26.1 Å². The van der Waals surface area contributed by atoms with Crippen LogP contribution < -0.4 is 0 Å². The summed E-state index contributed by atoms with van der Waals surface area (Å²) in [4.78, 5) is 5.49. The number of hydrogen-bond donors (Lipinski definition) is 1. The Morgan fingerprint density at radius 2 is 2.14 bits per heavy atom. The summed E-state index contributed by atoms with van der Waals surface area (Å²) in [7, 11) is 0. The third-order valence-corrected chi connectivity index (χ3v) is 3.17. The Morgan fingerprint density at radius 3 is 2.81 bits per heavy atom. The van der Waals surface area contributed by atoms with E-state index in [9.17, 15) is 13.2 Å². The lowest BCUT2D eigenvalue weighted by Crippen LogP contribution is -2.35. The molecule has 2 rings (SSSR count). The number of aryl methyl sites for hydroxylation is 1. The Kier molecular flexibility index (Phi) is 4.84. The Morgan fingerprint density at radius 1 is 1.38 bits per heavy atom. The number of fused-ring (bicyclic) bond motifs is 1. The molecule has 2 aromatic heterocycles. The number of imidazole rings is 1. The first-order valence-electron chi connectivity index (χ1n) is 6.71. The molecule has 0 aliphatic carbocycles. The molecule has 0 aliphatic heterocycles. The Balaban J connectivity index is 2.17. The number of pyridine rings is 1. The summed E-state index contributed by atoms with van der Waals surface area (Å²) >= 11 is 0. The maximum Gasteiger partial charge on any atom is 0.401 e. The van der Waals surface area contributed by atoms with Gasteiger partial charge in [-0.15, -0.1) is 0 Å². The van der Waals surface area contributed by atoms with Gasteiger partial charge in [0, 0.05) is 25.9 Å². The molecule has 2 heterocycles. The fourth-order valence-electron chi connectivity index (χ4n) is 2.24. The van der Waals surface area contributed by atoms with Crippen molar-refractivity contribution in [2.24, 2.45) is 0 Å². The van der Waals surface area contributed by atoms with E-state index < -0.39 is 12.7 Å². The zero-order valence-electron chi connectivity index (χ0n) is 11.8. The van der Waals surface area contributed by atoms with Crippen LogP contribution in [0.2, 0.25) is 0 Å². The minimum atomic E-state index is -4.26. The van der Waals surface area contributed by atoms with Crippen molar-refractivity contribution in [3.05, 3.63) is 35.8 Å². The van der Waals surface area contributed by atoms with Gasteiger partial charge < -0.3 is 9.51 Å². The van der Waals surface area contributed by atoms with Gasteiger partial charge in [0.2, 0.25) is 0 Å². The van der Waals surface area contributed by atoms with Gasteiger partial charge >= 0.3 is 6.18 Å². The molecule has 0 amide bonds. The zero-order chi connectivity index (χ0) is 15.5. The summed E-state index contributed by atoms with van der Waals surface area (Å²) < 4.78 is 39.6. The Labute approximate surface area is 120 Å². The van der Waals surface area contributed by atoms with E-state index in [2.05, 4.69) is 4.98 Å². The summed E-state index contributed by atoms with van der Waals surface area (Å²) in [6.45, 7) is 1.15. The lowest BCUT2D eigenvalue weighted by Gasteiger charge is -2.23. The molecule has 116 valence electrons. The van der Waals surface area contributed by atoms with Gasteiger partial charge in [-0.25, -0.2) is 4.98 Å². The number of aromatic nitrogens is 2. The van der Waals surface area contributed by atoms with Crippen LogP contribution in [0, 0.1) is 6.92 Å². The second kappa shape index (κ2) is 6.44. The first kappa shape index (κ1) is 15.8. The first-order chi connectivity index (χ1) is 9.89. The van der Waals surface area contributed by atoms with E-state index in [1.807, 2.05) is 25.3 Å². The molecule has 0 spiro atoms. The highest BCUT2D eigenvalue weighted by molar-refractivity contribution is 5.42. The van der Waals surface area contributed by atoms with E-state index in [0.29, 0.717) is 12.1 Å². The first-order valence-corrected chi connectivity index (χ1v) is 6.71. The monoisotopic (exact) mass is 301 g/mol. The van der Waals surface area contributed by atoms with Gasteiger partial charge in [0.05, 0.1) is 18.4 Å². The molecular formula is C14H18F3N3O. The van der Waals surface area contributed by atoms with Crippen molar-refractivity contribution < 1.29 is 18.3 Å². The zero-order valence-corrected chi connectivity index (χ0v) is 11.8. The van der Waals surface area contributed by atoms with Gasteiger partial charge in [-0.3, -0.25) is 4.90 Å². The average molecular weight is 301 g/mol. The molecule has 0 radical (unpaired) electrons. The number of aliphatic hydroxyl groups is 1. The van der Waals surface area contributed by atoms with Gasteiger partial charge in [0.15, 0.2) is 0 Å². The van der Waals surface area contributed by atoms with Crippen molar-refractivity contribution in [3.8, 4) is 0 Å². The van der Waals surface area contributed by atoms with Gasteiger partial charge in [-0.1, -0.05) is 0 Å². The number of aliphatic hydroxyl groups excluding tert-OH is 1. The maximum atomic E-state index is 12.6. The minimum Gasteiger partial charge on any atom is -0.396 e. The van der Waals surface area contributed by atoms with Crippen LogP contribution in [-0.4, -0.2) is 45.3 Å². The average Bonchev–Trinajstić information content (AvgIpc) is 2.76. The molecule has 2 aromatic rings. The summed E-state index contributed by atoms with van der Waals surface area (Å²) in [6, 6.07) is 3.77. The second-order valence-corrected chi connectivity index (χ2v) is 5.08. The summed E-state index contributed by atoms with van der Waals surface area (Å²) in [5, 5.41) is 8.82. The van der Waals surface area contributed by atoms with Crippen LogP contribution in [0.4, 0.5) is 13.2 Å². The quantitative estimate of drug-likeness (QED) is 0.890. The molecule has 0 bridgehead atoms. The SMILES string of the molecule is Cc1ccn2c(CN(CCCO)CC(F)(F)F)cnc2c1. The lowest BCUT2D eigenvalue weighted by molar-refractivity contribution is -0.147. The highest BCUT2D eigenvalue weighted by atomic mass is 19.4. The smallest absolute Gasteiger partial charge is 0.396 e. The van der Waals surface area contributed by atoms with Gasteiger partial charge in [-0.2, -0.15) is 13.2 Å². The van der Waals surface area contributed by atoms with E-state index in [-0.39, 0.29) is 19.7 Å². The fraction of sp³-hybridized carbons (Fsp3) is 0.500. The Hall–Kier alpha value is -1.60. The van der Waals surface area contributed by atoms with Crippen molar-refractivity contribution in [1.82, 2.24) is 14.3 Å². The summed E-state index contributed by atoms with van der Waals surface area (Å²) in [5.74, 6) is 0. The van der Waals surface area contributed by atoms with Crippen LogP contribution in [0.3, 0.4) is 0 Å². The minimum absolute atomic E-state index is 0.124. The predicted octanol–water partition coefficient (Wildman–Crippen LogP) is 2.39. The third kappa shape index (κ3) is 4.44. The molecule has 0 atom stereocenters. The van der Waals surface area contributed by atoms with E-state index in [0.717, 1.165) is 11.2 Å². The van der Waals surface area contributed by atoms with Gasteiger partial charge in [0.1, 0.15) is 5.65 Å². The van der Waals surface area contributed by atoms with Gasteiger partial charge in [-0.05, 0) is 31.0 Å². The van der Waals surface area contributed by atoms with E-state index >= 15 is 0 Å². The van der Waals surface area contributed by atoms with E-state index in [1.165, 1.54) is 4.90 Å². The number of rotatable bonds is 6. The summed E-state index contributed by atoms with van der Waals surface area (Å²) in [6.07, 6.45) is -0.541. The molecule has 0 aliphatic rings. The normalized spacial score (nSPS) is 12.5. The van der Waals surface area contributed by atoms with Crippen LogP contribution in [-0.2, 0) is 6.54 Å². The van der Waals surface area contributed by atoms with E-state index in [1.54, 1.807) is 10.6 Å². The molecule has 0 aromatic carbocycles. The second-order valence-electron chi connectivity index (χ2n) is 5.08. The molecule has 7 heteroatoms. The summed E-state index contributed by atoms with van der Waals surface area (Å²) in [5.41, 5.74) is 2.47. The van der Waals surface area contributed by atoms with Crippen LogP contribution in [0.1, 0.15) is 17.7 Å². The molecule has 4 nitrogen and oxygen atoms in total. The van der Waals surface area contributed by atoms with Crippen molar-refractivity contribution >= 4 is 5.65 Å². The highest BCUT2D eigenvalue weighted by Crippen LogP contribution is 2.19. The topological polar surface area (TPSA) is 40.8 Å². The molecule has 0 saturated heterocycles. The molecule has 21 heavy (non-hydrogen) atoms. The van der Waals surface area contributed by atoms with Crippen LogP contribution in [0.15, 0.2) is 24.5 Å². The van der Waals surface area contributed by atoms with Crippen LogP contribution in [0.5, 0.6) is 0 Å². The number of halogens is 3. The van der Waals surface area contributed by atoms with Crippen LogP contribution >= 0.6 is 0 Å². The van der Waals surface area contributed by atoms with Crippen molar-refractivity contribution in [2.75, 3.05) is 19.7 Å². The lowest BCUT2D eigenvalue weighted by atomic mass is 10.3. The standard InChI is InChI=1S/C14H18F3N3O/c1-11-3-5-20-12(8-18-13(20)7-11)9-19(4-2-6-21)10-14(15,16)17/h3,5,7-8,21H,2,4,6,9-10H2,1H3. The largest absolute Gasteiger partial charge is 0.401 e. The molecule has 0 saturated carbocycles. The van der Waals surface area contributed by atoms with E-state index in [4.69, 9.17) is 5.11 Å². The Bertz CT molecular complexity index is 595. The molecule has 0 fully saturated rings. The maximum absolute atomic E-state index is 12.6. The fourth-order valence-corrected chi connectivity index (χ4v) is 2.24. The van der Waals surface area contributed by atoms with Crippen molar-refractivity contribution in [1.29, 1.82) is 0 Å². The van der Waals surface area contributed by atoms with Gasteiger partial charge in [0.25, 0.3) is 0 Å². The third-order valence-electron chi connectivity index (χ3n) is 3.17. The molecular weight excluding hydrogens is 283 g/mol. The highest BCUT2D eigenvalue weighted by Gasteiger charge is 2.30. The molecule has 0 unspecified atom stereocenters. The molecule has 1 N–H and O–H groups in total. The predicted molar refractivity (Wildman–Crippen MR) is 73.0 cm³/mol. The van der Waals surface area contributed by atoms with Crippen molar-refractivity contribution in [3.63, 3.8) is 0 Å². The number of hydrogen-bond acceptors (Lipinski definition) is 3.